The first-order valence-corrected chi connectivity index (χ1v) is 6.50. The molecule has 1 aromatic heterocycles. The molecule has 0 saturated carbocycles. The van der Waals surface area contributed by atoms with E-state index in [1.165, 1.54) is 6.33 Å². The maximum atomic E-state index is 12.1. The number of anilines is 1. The Labute approximate surface area is 109 Å². The lowest BCUT2D eigenvalue weighted by Crippen LogP contribution is -2.31. The zero-order chi connectivity index (χ0) is 13.5. The molecular formula is C13H22N4O. The summed E-state index contributed by atoms with van der Waals surface area (Å²) in [5.41, 5.74) is 0.444. The Morgan fingerprint density at radius 3 is 2.56 bits per heavy atom. The van der Waals surface area contributed by atoms with E-state index in [2.05, 4.69) is 29.1 Å². The molecule has 0 spiro atoms. The Morgan fingerprint density at radius 1 is 1.33 bits per heavy atom. The quantitative estimate of drug-likeness (QED) is 0.840. The third-order valence-corrected chi connectivity index (χ3v) is 2.94. The van der Waals surface area contributed by atoms with E-state index in [1.54, 1.807) is 11.0 Å². The van der Waals surface area contributed by atoms with Crippen LogP contribution in [0.5, 0.6) is 0 Å². The largest absolute Gasteiger partial charge is 0.368 e. The van der Waals surface area contributed by atoms with Gasteiger partial charge in [0.05, 0.1) is 0 Å². The fourth-order valence-corrected chi connectivity index (χ4v) is 1.58. The van der Waals surface area contributed by atoms with Crippen molar-refractivity contribution in [3.05, 3.63) is 18.1 Å². The molecule has 0 aliphatic rings. The van der Waals surface area contributed by atoms with E-state index in [4.69, 9.17) is 0 Å². The lowest BCUT2D eigenvalue weighted by Gasteiger charge is -2.18. The zero-order valence-corrected chi connectivity index (χ0v) is 11.6. The summed E-state index contributed by atoms with van der Waals surface area (Å²) >= 11 is 0. The van der Waals surface area contributed by atoms with Crippen LogP contribution in [-0.4, -0.2) is 39.9 Å². The normalized spacial score (nSPS) is 12.0. The molecule has 1 atom stereocenters. The molecule has 5 nitrogen and oxygen atoms in total. The van der Waals surface area contributed by atoms with Crippen molar-refractivity contribution in [3.63, 3.8) is 0 Å². The van der Waals surface area contributed by atoms with E-state index in [1.807, 2.05) is 13.8 Å². The van der Waals surface area contributed by atoms with Crippen molar-refractivity contribution in [2.45, 2.75) is 40.2 Å². The van der Waals surface area contributed by atoms with Gasteiger partial charge in [-0.15, -0.1) is 0 Å². The predicted octanol–water partition coefficient (Wildman–Crippen LogP) is 2.17. The van der Waals surface area contributed by atoms with Crippen LogP contribution in [0, 0.1) is 0 Å². The van der Waals surface area contributed by atoms with Gasteiger partial charge in [-0.25, -0.2) is 9.97 Å². The van der Waals surface area contributed by atoms with Crippen molar-refractivity contribution in [2.75, 3.05) is 18.4 Å². The molecule has 1 amide bonds. The fraction of sp³-hybridized carbons (Fsp3) is 0.615. The summed E-state index contributed by atoms with van der Waals surface area (Å²) in [5.74, 6) is 0.657. The smallest absolute Gasteiger partial charge is 0.272 e. The highest BCUT2D eigenvalue weighted by atomic mass is 16.2. The molecule has 1 N–H and O–H groups in total. The van der Waals surface area contributed by atoms with Gasteiger partial charge in [-0.05, 0) is 27.2 Å². The van der Waals surface area contributed by atoms with Crippen molar-refractivity contribution in [1.82, 2.24) is 14.9 Å². The zero-order valence-electron chi connectivity index (χ0n) is 11.6. The summed E-state index contributed by atoms with van der Waals surface area (Å²) in [4.78, 5) is 22.0. The third kappa shape index (κ3) is 3.68. The number of nitrogens with zero attached hydrogens (tertiary/aromatic N) is 3. The van der Waals surface area contributed by atoms with Crippen LogP contribution in [0.3, 0.4) is 0 Å². The number of rotatable bonds is 6. The average Bonchev–Trinajstić information content (AvgIpc) is 2.40. The SMILES string of the molecule is CCC(C)Nc1cc(C(=O)N(CC)CC)ncn1. The molecule has 100 valence electrons. The number of hydrogen-bond donors (Lipinski definition) is 1. The molecule has 0 radical (unpaired) electrons. The van der Waals surface area contributed by atoms with Crippen molar-refractivity contribution in [2.24, 2.45) is 0 Å². The molecule has 1 unspecified atom stereocenters. The Bertz CT molecular complexity index is 390. The van der Waals surface area contributed by atoms with Crippen LogP contribution in [0.1, 0.15) is 44.6 Å². The minimum atomic E-state index is -0.0467. The highest BCUT2D eigenvalue weighted by molar-refractivity contribution is 5.92. The summed E-state index contributed by atoms with van der Waals surface area (Å²) in [6.07, 6.45) is 2.44. The van der Waals surface area contributed by atoms with E-state index >= 15 is 0 Å². The highest BCUT2D eigenvalue weighted by Gasteiger charge is 2.14. The topological polar surface area (TPSA) is 58.1 Å². The summed E-state index contributed by atoms with van der Waals surface area (Å²) < 4.78 is 0. The number of amides is 1. The van der Waals surface area contributed by atoms with E-state index < -0.39 is 0 Å². The third-order valence-electron chi connectivity index (χ3n) is 2.94. The molecule has 0 aromatic carbocycles. The molecule has 0 fully saturated rings. The van der Waals surface area contributed by atoms with Gasteiger partial charge >= 0.3 is 0 Å². The second-order valence-corrected chi connectivity index (χ2v) is 4.22. The Kier molecular flexibility index (Phi) is 5.55. The molecule has 18 heavy (non-hydrogen) atoms. The monoisotopic (exact) mass is 250 g/mol. The highest BCUT2D eigenvalue weighted by Crippen LogP contribution is 2.09. The molecular weight excluding hydrogens is 228 g/mol. The first kappa shape index (κ1) is 14.4. The van der Waals surface area contributed by atoms with Crippen LogP contribution in [-0.2, 0) is 0 Å². The van der Waals surface area contributed by atoms with Gasteiger partial charge < -0.3 is 10.2 Å². The average molecular weight is 250 g/mol. The van der Waals surface area contributed by atoms with Gasteiger partial charge in [0, 0.05) is 25.2 Å². The number of aromatic nitrogens is 2. The minimum absolute atomic E-state index is 0.0467. The number of hydrogen-bond acceptors (Lipinski definition) is 4. The molecule has 1 aromatic rings. The molecule has 1 rings (SSSR count). The van der Waals surface area contributed by atoms with Gasteiger partial charge in [0.2, 0.25) is 0 Å². The molecule has 0 aliphatic heterocycles. The standard InChI is InChI=1S/C13H22N4O/c1-5-10(4)16-12-8-11(14-9-15-12)13(18)17(6-2)7-3/h8-10H,5-7H2,1-4H3,(H,14,15,16). The lowest BCUT2D eigenvalue weighted by atomic mass is 10.2. The number of carbonyl (C=O) groups is 1. The van der Waals surface area contributed by atoms with Gasteiger partial charge in [-0.3, -0.25) is 4.79 Å². The molecule has 5 heteroatoms. The minimum Gasteiger partial charge on any atom is -0.368 e. The Morgan fingerprint density at radius 2 is 2.00 bits per heavy atom. The maximum Gasteiger partial charge on any atom is 0.272 e. The van der Waals surface area contributed by atoms with Gasteiger partial charge in [-0.1, -0.05) is 6.92 Å². The van der Waals surface area contributed by atoms with E-state index in [9.17, 15) is 4.79 Å². The van der Waals surface area contributed by atoms with Crippen LogP contribution < -0.4 is 5.32 Å². The van der Waals surface area contributed by atoms with E-state index in [0.29, 0.717) is 30.6 Å². The van der Waals surface area contributed by atoms with Crippen molar-refractivity contribution >= 4 is 11.7 Å². The summed E-state index contributed by atoms with van der Waals surface area (Å²) in [5, 5.41) is 3.24. The summed E-state index contributed by atoms with van der Waals surface area (Å²) in [6.45, 7) is 9.47. The van der Waals surface area contributed by atoms with Crippen LogP contribution >= 0.6 is 0 Å². The Balaban J connectivity index is 2.84. The maximum absolute atomic E-state index is 12.1. The van der Waals surface area contributed by atoms with Gasteiger partial charge in [-0.2, -0.15) is 0 Å². The summed E-state index contributed by atoms with van der Waals surface area (Å²) in [6, 6.07) is 2.05. The first-order valence-electron chi connectivity index (χ1n) is 6.50. The first-order chi connectivity index (χ1) is 8.62. The van der Waals surface area contributed by atoms with Gasteiger partial charge in [0.1, 0.15) is 17.8 Å². The second kappa shape index (κ2) is 6.93. The fourth-order valence-electron chi connectivity index (χ4n) is 1.58. The van der Waals surface area contributed by atoms with Crippen molar-refractivity contribution in [1.29, 1.82) is 0 Å². The van der Waals surface area contributed by atoms with E-state index in [0.717, 1.165) is 6.42 Å². The van der Waals surface area contributed by atoms with Crippen LogP contribution in [0.25, 0.3) is 0 Å². The summed E-state index contributed by atoms with van der Waals surface area (Å²) in [7, 11) is 0. The van der Waals surface area contributed by atoms with Crippen molar-refractivity contribution < 1.29 is 4.79 Å². The Hall–Kier alpha value is -1.65. The van der Waals surface area contributed by atoms with Gasteiger partial charge in [0.15, 0.2) is 0 Å². The predicted molar refractivity (Wildman–Crippen MR) is 72.7 cm³/mol. The molecule has 0 aliphatic carbocycles. The number of carbonyl (C=O) groups excluding carboxylic acids is 1. The van der Waals surface area contributed by atoms with Gasteiger partial charge in [0.25, 0.3) is 5.91 Å². The van der Waals surface area contributed by atoms with E-state index in [-0.39, 0.29) is 5.91 Å². The van der Waals surface area contributed by atoms with Crippen LogP contribution in [0.4, 0.5) is 5.82 Å². The number of nitrogens with one attached hydrogen (secondary N) is 1. The lowest BCUT2D eigenvalue weighted by molar-refractivity contribution is 0.0767. The molecule has 1 heterocycles. The molecule has 0 bridgehead atoms. The van der Waals surface area contributed by atoms with Crippen LogP contribution in [0.15, 0.2) is 12.4 Å². The second-order valence-electron chi connectivity index (χ2n) is 4.22. The van der Waals surface area contributed by atoms with Crippen LogP contribution in [0.2, 0.25) is 0 Å². The molecule has 0 saturated heterocycles. The van der Waals surface area contributed by atoms with Crippen molar-refractivity contribution in [3.8, 4) is 0 Å².